The second kappa shape index (κ2) is 4.03. The molecule has 0 spiro atoms. The van der Waals surface area contributed by atoms with Crippen molar-refractivity contribution in [3.05, 3.63) is 24.3 Å². The minimum Gasteiger partial charge on any atom is -0.387 e. The smallest absolute Gasteiger partial charge is 0.0975 e. The predicted molar refractivity (Wildman–Crippen MR) is 41.9 cm³/mol. The van der Waals surface area contributed by atoms with Crippen LogP contribution in [-0.2, 0) is 0 Å². The van der Waals surface area contributed by atoms with Gasteiger partial charge in [-0.1, -0.05) is 13.3 Å². The molecule has 0 bridgehead atoms. The molecule has 60 valence electrons. The van der Waals surface area contributed by atoms with Crippen LogP contribution in [0.15, 0.2) is 18.6 Å². The van der Waals surface area contributed by atoms with E-state index in [-0.39, 0.29) is 0 Å². The predicted octanol–water partition coefficient (Wildman–Crippen LogP) is 1.31. The molecule has 1 rings (SSSR count). The van der Waals surface area contributed by atoms with Crippen LogP contribution in [-0.4, -0.2) is 15.1 Å². The number of aliphatic hydroxyl groups excluding tert-OH is 1. The molecule has 0 aliphatic rings. The van der Waals surface area contributed by atoms with Crippen LogP contribution in [0, 0.1) is 0 Å². The molecule has 0 saturated carbocycles. The number of aliphatic hydroxyl groups is 1. The molecular formula is C8H12N2O. The summed E-state index contributed by atoms with van der Waals surface area (Å²) in [5.74, 6) is 0. The Bertz CT molecular complexity index is 201. The van der Waals surface area contributed by atoms with Gasteiger partial charge in [0.2, 0.25) is 0 Å². The third-order valence-electron chi connectivity index (χ3n) is 1.49. The number of hydrogen-bond donors (Lipinski definition) is 1. The fourth-order valence-corrected chi connectivity index (χ4v) is 0.904. The molecule has 0 amide bonds. The van der Waals surface area contributed by atoms with Gasteiger partial charge in [-0.05, 0) is 6.42 Å². The molecule has 11 heavy (non-hydrogen) atoms. The first-order valence-electron chi connectivity index (χ1n) is 3.78. The standard InChI is InChI=1S/C8H12N2O/c1-2-3-8(11)7-6-9-4-5-10-7/h4-6,8,11H,2-3H2,1H3/t8-/m1/s1. The second-order valence-electron chi connectivity index (χ2n) is 2.43. The molecule has 0 unspecified atom stereocenters. The molecule has 0 aromatic carbocycles. The lowest BCUT2D eigenvalue weighted by Crippen LogP contribution is -1.99. The first kappa shape index (κ1) is 8.14. The Kier molecular flexibility index (Phi) is 2.98. The summed E-state index contributed by atoms with van der Waals surface area (Å²) in [6.07, 6.45) is 6.04. The second-order valence-corrected chi connectivity index (χ2v) is 2.43. The number of hydrogen-bond acceptors (Lipinski definition) is 3. The van der Waals surface area contributed by atoms with Crippen LogP contribution in [0.3, 0.4) is 0 Å². The van der Waals surface area contributed by atoms with Gasteiger partial charge in [0, 0.05) is 12.4 Å². The monoisotopic (exact) mass is 152 g/mol. The molecule has 1 aromatic heterocycles. The lowest BCUT2D eigenvalue weighted by atomic mass is 10.1. The van der Waals surface area contributed by atoms with Gasteiger partial charge in [-0.2, -0.15) is 0 Å². The van der Waals surface area contributed by atoms with Crippen LogP contribution in [0.25, 0.3) is 0 Å². The Hall–Kier alpha value is -0.960. The maximum Gasteiger partial charge on any atom is 0.0975 e. The zero-order valence-electron chi connectivity index (χ0n) is 6.57. The van der Waals surface area contributed by atoms with Crippen molar-refractivity contribution in [2.45, 2.75) is 25.9 Å². The molecule has 1 atom stereocenters. The summed E-state index contributed by atoms with van der Waals surface area (Å²) in [5.41, 5.74) is 0.661. The Morgan fingerprint density at radius 3 is 2.91 bits per heavy atom. The quantitative estimate of drug-likeness (QED) is 0.710. The summed E-state index contributed by atoms with van der Waals surface area (Å²) in [4.78, 5) is 7.85. The molecular weight excluding hydrogens is 140 g/mol. The van der Waals surface area contributed by atoms with E-state index in [2.05, 4.69) is 9.97 Å². The molecule has 0 aliphatic heterocycles. The van der Waals surface area contributed by atoms with Gasteiger partial charge in [0.15, 0.2) is 0 Å². The lowest BCUT2D eigenvalue weighted by molar-refractivity contribution is 0.161. The van der Waals surface area contributed by atoms with Crippen LogP contribution in [0.2, 0.25) is 0 Å². The van der Waals surface area contributed by atoms with Gasteiger partial charge in [-0.25, -0.2) is 0 Å². The highest BCUT2D eigenvalue weighted by molar-refractivity contribution is 4.98. The van der Waals surface area contributed by atoms with Crippen LogP contribution in [0.1, 0.15) is 31.6 Å². The molecule has 1 heterocycles. The van der Waals surface area contributed by atoms with E-state index < -0.39 is 6.10 Å². The van der Waals surface area contributed by atoms with E-state index in [1.807, 2.05) is 6.92 Å². The Labute approximate surface area is 66.1 Å². The minimum absolute atomic E-state index is 0.450. The topological polar surface area (TPSA) is 46.0 Å². The molecule has 1 aromatic rings. The fourth-order valence-electron chi connectivity index (χ4n) is 0.904. The molecule has 3 nitrogen and oxygen atoms in total. The first-order valence-corrected chi connectivity index (χ1v) is 3.78. The van der Waals surface area contributed by atoms with E-state index in [0.717, 1.165) is 12.8 Å². The van der Waals surface area contributed by atoms with Gasteiger partial charge in [-0.15, -0.1) is 0 Å². The summed E-state index contributed by atoms with van der Waals surface area (Å²) >= 11 is 0. The van der Waals surface area contributed by atoms with E-state index in [9.17, 15) is 5.11 Å². The van der Waals surface area contributed by atoms with E-state index >= 15 is 0 Å². The Morgan fingerprint density at radius 1 is 1.55 bits per heavy atom. The average Bonchev–Trinajstić information content (AvgIpc) is 2.07. The Balaban J connectivity index is 2.61. The third-order valence-corrected chi connectivity index (χ3v) is 1.49. The van der Waals surface area contributed by atoms with Crippen molar-refractivity contribution in [3.63, 3.8) is 0 Å². The summed E-state index contributed by atoms with van der Waals surface area (Å²) in [5, 5.41) is 9.42. The highest BCUT2D eigenvalue weighted by Gasteiger charge is 2.05. The SMILES string of the molecule is CCC[C@@H](O)c1cnccn1. The number of nitrogens with zero attached hydrogens (tertiary/aromatic N) is 2. The van der Waals surface area contributed by atoms with E-state index in [4.69, 9.17) is 0 Å². The average molecular weight is 152 g/mol. The summed E-state index contributed by atoms with van der Waals surface area (Å²) in [6, 6.07) is 0. The molecule has 0 fully saturated rings. The summed E-state index contributed by atoms with van der Waals surface area (Å²) in [6.45, 7) is 2.03. The van der Waals surface area contributed by atoms with Crippen molar-refractivity contribution < 1.29 is 5.11 Å². The van der Waals surface area contributed by atoms with E-state index in [1.165, 1.54) is 0 Å². The molecule has 0 radical (unpaired) electrons. The zero-order valence-corrected chi connectivity index (χ0v) is 6.57. The van der Waals surface area contributed by atoms with Gasteiger partial charge < -0.3 is 5.11 Å². The number of aromatic nitrogens is 2. The van der Waals surface area contributed by atoms with Gasteiger partial charge >= 0.3 is 0 Å². The molecule has 3 heteroatoms. The van der Waals surface area contributed by atoms with Crippen LogP contribution in [0.5, 0.6) is 0 Å². The minimum atomic E-state index is -0.450. The van der Waals surface area contributed by atoms with Gasteiger partial charge in [0.05, 0.1) is 18.0 Å². The number of rotatable bonds is 3. The van der Waals surface area contributed by atoms with Crippen LogP contribution >= 0.6 is 0 Å². The fraction of sp³-hybridized carbons (Fsp3) is 0.500. The van der Waals surface area contributed by atoms with Crippen LogP contribution in [0.4, 0.5) is 0 Å². The van der Waals surface area contributed by atoms with E-state index in [1.54, 1.807) is 18.6 Å². The van der Waals surface area contributed by atoms with Gasteiger partial charge in [0.25, 0.3) is 0 Å². The highest BCUT2D eigenvalue weighted by atomic mass is 16.3. The molecule has 0 aliphatic carbocycles. The molecule has 0 saturated heterocycles. The van der Waals surface area contributed by atoms with E-state index in [0.29, 0.717) is 5.69 Å². The maximum atomic E-state index is 9.42. The zero-order chi connectivity index (χ0) is 8.10. The summed E-state index contributed by atoms with van der Waals surface area (Å²) < 4.78 is 0. The van der Waals surface area contributed by atoms with Gasteiger partial charge in [0.1, 0.15) is 0 Å². The first-order chi connectivity index (χ1) is 5.34. The van der Waals surface area contributed by atoms with Crippen molar-refractivity contribution in [1.29, 1.82) is 0 Å². The lowest BCUT2D eigenvalue weighted by Gasteiger charge is -2.06. The van der Waals surface area contributed by atoms with Crippen molar-refractivity contribution in [1.82, 2.24) is 9.97 Å². The largest absolute Gasteiger partial charge is 0.387 e. The van der Waals surface area contributed by atoms with Crippen molar-refractivity contribution >= 4 is 0 Å². The van der Waals surface area contributed by atoms with Crippen LogP contribution < -0.4 is 0 Å². The Morgan fingerprint density at radius 2 is 2.36 bits per heavy atom. The highest BCUT2D eigenvalue weighted by Crippen LogP contribution is 2.13. The molecule has 1 N–H and O–H groups in total. The van der Waals surface area contributed by atoms with Gasteiger partial charge in [-0.3, -0.25) is 9.97 Å². The maximum absolute atomic E-state index is 9.42. The van der Waals surface area contributed by atoms with Crippen molar-refractivity contribution in [3.8, 4) is 0 Å². The normalized spacial score (nSPS) is 12.9. The summed E-state index contributed by atoms with van der Waals surface area (Å²) in [7, 11) is 0. The third kappa shape index (κ3) is 2.27. The van der Waals surface area contributed by atoms with Crippen molar-refractivity contribution in [2.75, 3.05) is 0 Å². The van der Waals surface area contributed by atoms with Crippen molar-refractivity contribution in [2.24, 2.45) is 0 Å².